The minimum Gasteiger partial charge on any atom is -0.504 e. The number of nitrogens with one attached hydrogen (secondary N) is 1. The van der Waals surface area contributed by atoms with Gasteiger partial charge in [-0.15, -0.1) is 17.0 Å². The first kappa shape index (κ1) is 14.3. The molecule has 1 aromatic carbocycles. The molecule has 1 aliphatic carbocycles. The molecule has 2 rings (SSSR count). The summed E-state index contributed by atoms with van der Waals surface area (Å²) in [6, 6.07) is 4.01. The Kier molecular flexibility index (Phi) is 5.28. The Balaban J connectivity index is 0.00000144. The largest absolute Gasteiger partial charge is 0.504 e. The van der Waals surface area contributed by atoms with Crippen LogP contribution >= 0.6 is 17.0 Å². The third kappa shape index (κ3) is 3.13. The highest BCUT2D eigenvalue weighted by Gasteiger charge is 2.21. The highest BCUT2D eigenvalue weighted by atomic mass is 79.9. The van der Waals surface area contributed by atoms with E-state index in [9.17, 15) is 10.2 Å². The van der Waals surface area contributed by atoms with E-state index >= 15 is 0 Å². The standard InChI is InChI=1S/C13H19NO2.BrH/c1-2-7-14-10-4-5-11-9(8-10)3-6-12(15)13(11)16;/h3,6,10,14-16H,2,4-5,7-8H2,1H3;1H/t10-;/m1./s1. The van der Waals surface area contributed by atoms with E-state index in [1.165, 1.54) is 0 Å². The van der Waals surface area contributed by atoms with Gasteiger partial charge in [0, 0.05) is 11.6 Å². The van der Waals surface area contributed by atoms with Crippen LogP contribution in [-0.2, 0) is 12.8 Å². The third-order valence-corrected chi connectivity index (χ3v) is 3.25. The molecule has 0 bridgehead atoms. The molecule has 0 aliphatic heterocycles. The van der Waals surface area contributed by atoms with Crippen molar-refractivity contribution in [2.75, 3.05) is 6.54 Å². The van der Waals surface area contributed by atoms with Crippen molar-refractivity contribution in [2.24, 2.45) is 0 Å². The second kappa shape index (κ2) is 6.26. The van der Waals surface area contributed by atoms with E-state index in [1.54, 1.807) is 6.07 Å². The molecule has 0 radical (unpaired) electrons. The molecule has 0 spiro atoms. The van der Waals surface area contributed by atoms with Gasteiger partial charge in [-0.1, -0.05) is 13.0 Å². The molecule has 0 unspecified atom stereocenters. The summed E-state index contributed by atoms with van der Waals surface area (Å²) in [6.45, 7) is 3.21. The lowest BCUT2D eigenvalue weighted by Crippen LogP contribution is -2.34. The number of rotatable bonds is 3. The molecule has 0 aromatic heterocycles. The number of halogens is 1. The lowest BCUT2D eigenvalue weighted by molar-refractivity contribution is 0.388. The van der Waals surface area contributed by atoms with E-state index in [4.69, 9.17) is 0 Å². The van der Waals surface area contributed by atoms with Gasteiger partial charge in [0.2, 0.25) is 0 Å². The fourth-order valence-electron chi connectivity index (χ4n) is 2.34. The second-order valence-electron chi connectivity index (χ2n) is 4.46. The Morgan fingerprint density at radius 1 is 1.35 bits per heavy atom. The molecule has 96 valence electrons. The monoisotopic (exact) mass is 301 g/mol. The molecule has 3 nitrogen and oxygen atoms in total. The lowest BCUT2D eigenvalue weighted by Gasteiger charge is -2.26. The highest BCUT2D eigenvalue weighted by Crippen LogP contribution is 2.35. The van der Waals surface area contributed by atoms with Crippen molar-refractivity contribution < 1.29 is 10.2 Å². The van der Waals surface area contributed by atoms with E-state index < -0.39 is 0 Å². The van der Waals surface area contributed by atoms with E-state index in [1.807, 2.05) is 6.07 Å². The predicted molar refractivity (Wildman–Crippen MR) is 74.2 cm³/mol. The molecule has 0 heterocycles. The minimum atomic E-state index is -0.00119. The predicted octanol–water partition coefficient (Wildman–Crippen LogP) is 2.53. The molecule has 0 saturated carbocycles. The molecule has 1 aliphatic rings. The zero-order chi connectivity index (χ0) is 11.5. The van der Waals surface area contributed by atoms with Crippen LogP contribution in [-0.4, -0.2) is 22.8 Å². The van der Waals surface area contributed by atoms with Crippen LogP contribution in [0.1, 0.15) is 30.9 Å². The number of fused-ring (bicyclic) bond motifs is 1. The quantitative estimate of drug-likeness (QED) is 0.752. The SMILES string of the molecule is Br.CCCN[C@@H]1CCc2c(ccc(O)c2O)C1. The molecule has 1 atom stereocenters. The molecule has 3 N–H and O–H groups in total. The first-order valence-corrected chi connectivity index (χ1v) is 5.98. The summed E-state index contributed by atoms with van der Waals surface area (Å²) in [7, 11) is 0. The number of benzene rings is 1. The van der Waals surface area contributed by atoms with Gasteiger partial charge in [-0.2, -0.15) is 0 Å². The van der Waals surface area contributed by atoms with Gasteiger partial charge >= 0.3 is 0 Å². The Labute approximate surface area is 113 Å². The van der Waals surface area contributed by atoms with E-state index in [0.717, 1.165) is 43.4 Å². The second-order valence-corrected chi connectivity index (χ2v) is 4.46. The van der Waals surface area contributed by atoms with Gasteiger partial charge in [-0.25, -0.2) is 0 Å². The van der Waals surface area contributed by atoms with Crippen LogP contribution in [0, 0.1) is 0 Å². The van der Waals surface area contributed by atoms with Crippen molar-refractivity contribution in [1.82, 2.24) is 5.32 Å². The fourth-order valence-corrected chi connectivity index (χ4v) is 2.34. The maximum Gasteiger partial charge on any atom is 0.160 e. The number of phenolic OH excluding ortho intramolecular Hbond substituents is 2. The maximum atomic E-state index is 9.74. The van der Waals surface area contributed by atoms with Crippen molar-refractivity contribution in [1.29, 1.82) is 0 Å². The van der Waals surface area contributed by atoms with Gasteiger partial charge in [0.05, 0.1) is 0 Å². The van der Waals surface area contributed by atoms with Gasteiger partial charge in [0.1, 0.15) is 0 Å². The van der Waals surface area contributed by atoms with Gasteiger partial charge in [-0.05, 0) is 43.9 Å². The average Bonchev–Trinajstić information content (AvgIpc) is 2.31. The topological polar surface area (TPSA) is 52.5 Å². The van der Waals surface area contributed by atoms with Crippen molar-refractivity contribution in [3.63, 3.8) is 0 Å². The molecule has 0 amide bonds. The summed E-state index contributed by atoms with van der Waals surface area (Å²) in [4.78, 5) is 0. The average molecular weight is 302 g/mol. The van der Waals surface area contributed by atoms with E-state index in [0.29, 0.717) is 6.04 Å². The van der Waals surface area contributed by atoms with Crippen LogP contribution in [0.4, 0.5) is 0 Å². The Hall–Kier alpha value is -0.740. The van der Waals surface area contributed by atoms with Crippen LogP contribution in [0.15, 0.2) is 12.1 Å². The lowest BCUT2D eigenvalue weighted by atomic mass is 9.87. The Morgan fingerprint density at radius 3 is 2.82 bits per heavy atom. The first-order chi connectivity index (χ1) is 7.72. The van der Waals surface area contributed by atoms with Gasteiger partial charge in [0.15, 0.2) is 11.5 Å². The van der Waals surface area contributed by atoms with E-state index in [2.05, 4.69) is 12.2 Å². The number of hydrogen-bond donors (Lipinski definition) is 3. The molecular weight excluding hydrogens is 282 g/mol. The van der Waals surface area contributed by atoms with Crippen LogP contribution < -0.4 is 5.32 Å². The van der Waals surface area contributed by atoms with Gasteiger partial charge in [0.25, 0.3) is 0 Å². The molecule has 1 aromatic rings. The van der Waals surface area contributed by atoms with E-state index in [-0.39, 0.29) is 28.5 Å². The highest BCUT2D eigenvalue weighted by molar-refractivity contribution is 8.93. The third-order valence-electron chi connectivity index (χ3n) is 3.25. The summed E-state index contributed by atoms with van der Waals surface area (Å²) in [5.74, 6) is 0.0742. The van der Waals surface area contributed by atoms with Crippen molar-refractivity contribution >= 4 is 17.0 Å². The minimum absolute atomic E-state index is 0. The molecule has 17 heavy (non-hydrogen) atoms. The Morgan fingerprint density at radius 2 is 2.12 bits per heavy atom. The normalized spacial score (nSPS) is 18.3. The molecular formula is C13H20BrNO2. The zero-order valence-corrected chi connectivity index (χ0v) is 11.8. The number of aromatic hydroxyl groups is 2. The summed E-state index contributed by atoms with van der Waals surface area (Å²) in [6.07, 6.45) is 3.97. The fraction of sp³-hybridized carbons (Fsp3) is 0.538. The smallest absolute Gasteiger partial charge is 0.160 e. The summed E-state index contributed by atoms with van der Waals surface area (Å²) in [5, 5.41) is 22.7. The maximum absolute atomic E-state index is 9.74. The van der Waals surface area contributed by atoms with Crippen molar-refractivity contribution in [2.45, 2.75) is 38.6 Å². The van der Waals surface area contributed by atoms with Crippen LogP contribution in [0.25, 0.3) is 0 Å². The Bertz CT molecular complexity index is 382. The summed E-state index contributed by atoms with van der Waals surface area (Å²) >= 11 is 0. The molecule has 4 heteroatoms. The molecule has 0 fully saturated rings. The van der Waals surface area contributed by atoms with Gasteiger partial charge < -0.3 is 15.5 Å². The number of hydrogen-bond acceptors (Lipinski definition) is 3. The van der Waals surface area contributed by atoms with Gasteiger partial charge in [-0.3, -0.25) is 0 Å². The van der Waals surface area contributed by atoms with Crippen LogP contribution in [0.5, 0.6) is 11.5 Å². The van der Waals surface area contributed by atoms with Crippen molar-refractivity contribution in [3.8, 4) is 11.5 Å². The van der Waals surface area contributed by atoms with Crippen LogP contribution in [0.2, 0.25) is 0 Å². The van der Waals surface area contributed by atoms with Crippen LogP contribution in [0.3, 0.4) is 0 Å². The summed E-state index contributed by atoms with van der Waals surface area (Å²) < 4.78 is 0. The first-order valence-electron chi connectivity index (χ1n) is 5.98. The summed E-state index contributed by atoms with van der Waals surface area (Å²) in [5.41, 5.74) is 2.09. The zero-order valence-electron chi connectivity index (χ0n) is 10.1. The number of phenols is 2. The molecule has 0 saturated heterocycles. The van der Waals surface area contributed by atoms with Crippen molar-refractivity contribution in [3.05, 3.63) is 23.3 Å².